The molecule has 0 heterocycles. The van der Waals surface area contributed by atoms with Gasteiger partial charge in [-0.05, 0) is 13.8 Å². The first-order chi connectivity index (χ1) is 4.70. The van der Waals surface area contributed by atoms with Gasteiger partial charge >= 0.3 is 5.97 Å². The van der Waals surface area contributed by atoms with E-state index in [2.05, 4.69) is 4.74 Å². The minimum atomic E-state index is -0.295. The Morgan fingerprint density at radius 3 is 2.80 bits per heavy atom. The Balaban J connectivity index is 3.37. The van der Waals surface area contributed by atoms with Crippen LogP contribution >= 0.6 is 0 Å². The number of carbonyl (C=O) groups excluding carboxylic acids is 1. The summed E-state index contributed by atoms with van der Waals surface area (Å²) in [5, 5.41) is 8.29. The van der Waals surface area contributed by atoms with E-state index >= 15 is 0 Å². The van der Waals surface area contributed by atoms with Crippen molar-refractivity contribution in [2.24, 2.45) is 0 Å². The van der Waals surface area contributed by atoms with E-state index in [1.807, 2.05) is 5.48 Å². The molecule has 1 unspecified atom stereocenters. The van der Waals surface area contributed by atoms with Gasteiger partial charge in [-0.15, -0.1) is 0 Å². The quantitative estimate of drug-likeness (QED) is 0.443. The Labute approximate surface area is 60.1 Å². The van der Waals surface area contributed by atoms with Gasteiger partial charge in [-0.1, -0.05) is 0 Å². The first-order valence-electron chi connectivity index (χ1n) is 3.26. The maximum atomic E-state index is 10.6. The lowest BCUT2D eigenvalue weighted by molar-refractivity contribution is -0.144. The molecule has 0 aliphatic rings. The van der Waals surface area contributed by atoms with E-state index in [0.29, 0.717) is 6.61 Å². The van der Waals surface area contributed by atoms with Gasteiger partial charge in [0.2, 0.25) is 0 Å². The Kier molecular flexibility index (Phi) is 4.88. The summed E-state index contributed by atoms with van der Waals surface area (Å²) < 4.78 is 4.62. The highest BCUT2D eigenvalue weighted by Gasteiger charge is 2.07. The monoisotopic (exact) mass is 147 g/mol. The average Bonchev–Trinajstić information content (AvgIpc) is 1.88. The number of esters is 1. The van der Waals surface area contributed by atoms with Crippen molar-refractivity contribution < 1.29 is 14.7 Å². The number of hydrogen-bond acceptors (Lipinski definition) is 4. The first-order valence-corrected chi connectivity index (χ1v) is 3.26. The number of hydroxylamine groups is 1. The number of rotatable bonds is 4. The van der Waals surface area contributed by atoms with Crippen LogP contribution in [0.4, 0.5) is 0 Å². The normalized spacial score (nSPS) is 12.7. The molecule has 0 saturated carbocycles. The van der Waals surface area contributed by atoms with E-state index in [1.165, 1.54) is 0 Å². The summed E-state index contributed by atoms with van der Waals surface area (Å²) in [7, 11) is 0. The smallest absolute Gasteiger partial charge is 0.307 e. The van der Waals surface area contributed by atoms with Gasteiger partial charge in [-0.3, -0.25) is 4.79 Å². The third-order valence-corrected chi connectivity index (χ3v) is 0.999. The molecular weight excluding hydrogens is 134 g/mol. The average molecular weight is 147 g/mol. The molecule has 1 atom stereocenters. The van der Waals surface area contributed by atoms with Gasteiger partial charge in [0.25, 0.3) is 0 Å². The summed E-state index contributed by atoms with van der Waals surface area (Å²) in [6, 6.07) is -0.237. The SMILES string of the molecule is CCOC(=O)CC(C)NO. The summed E-state index contributed by atoms with van der Waals surface area (Å²) in [5.74, 6) is -0.295. The Morgan fingerprint density at radius 2 is 2.40 bits per heavy atom. The molecule has 0 amide bonds. The highest BCUT2D eigenvalue weighted by molar-refractivity contribution is 5.69. The van der Waals surface area contributed by atoms with Crippen LogP contribution < -0.4 is 5.48 Å². The molecular formula is C6H13NO3. The van der Waals surface area contributed by atoms with E-state index in [-0.39, 0.29) is 18.4 Å². The molecule has 0 aliphatic heterocycles. The van der Waals surface area contributed by atoms with Gasteiger partial charge in [-0.25, -0.2) is 5.48 Å². The molecule has 0 saturated heterocycles. The third kappa shape index (κ3) is 4.29. The fourth-order valence-electron chi connectivity index (χ4n) is 0.516. The van der Waals surface area contributed by atoms with Crippen molar-refractivity contribution in [1.82, 2.24) is 5.48 Å². The predicted molar refractivity (Wildman–Crippen MR) is 35.6 cm³/mol. The van der Waals surface area contributed by atoms with Crippen molar-refractivity contribution in [1.29, 1.82) is 0 Å². The van der Waals surface area contributed by atoms with Gasteiger partial charge in [-0.2, -0.15) is 0 Å². The molecule has 0 fully saturated rings. The van der Waals surface area contributed by atoms with Crippen molar-refractivity contribution in [3.05, 3.63) is 0 Å². The zero-order valence-corrected chi connectivity index (χ0v) is 6.26. The van der Waals surface area contributed by atoms with Gasteiger partial charge in [0.1, 0.15) is 0 Å². The highest BCUT2D eigenvalue weighted by atomic mass is 16.5. The highest BCUT2D eigenvalue weighted by Crippen LogP contribution is 1.91. The molecule has 0 radical (unpaired) electrons. The summed E-state index contributed by atoms with van der Waals surface area (Å²) in [6.45, 7) is 3.82. The molecule has 0 aromatic heterocycles. The van der Waals surface area contributed by atoms with Crippen LogP contribution in [0, 0.1) is 0 Å². The van der Waals surface area contributed by atoms with Crippen LogP contribution in [-0.4, -0.2) is 23.8 Å². The van der Waals surface area contributed by atoms with Gasteiger partial charge in [0, 0.05) is 6.04 Å². The van der Waals surface area contributed by atoms with Crippen molar-refractivity contribution in [3.8, 4) is 0 Å². The molecule has 0 bridgehead atoms. The van der Waals surface area contributed by atoms with Crippen molar-refractivity contribution >= 4 is 5.97 Å². The van der Waals surface area contributed by atoms with Crippen molar-refractivity contribution in [2.45, 2.75) is 26.3 Å². The Hall–Kier alpha value is -0.610. The number of carbonyl (C=O) groups is 1. The molecule has 0 aromatic rings. The summed E-state index contributed by atoms with van der Waals surface area (Å²) in [4.78, 5) is 10.6. The standard InChI is InChI=1S/C6H13NO3/c1-3-10-6(8)4-5(2)7-9/h5,7,9H,3-4H2,1-2H3. The van der Waals surface area contributed by atoms with Crippen molar-refractivity contribution in [2.75, 3.05) is 6.61 Å². The number of nitrogens with one attached hydrogen (secondary N) is 1. The topological polar surface area (TPSA) is 58.6 Å². The molecule has 4 nitrogen and oxygen atoms in total. The van der Waals surface area contributed by atoms with Gasteiger partial charge in [0.05, 0.1) is 13.0 Å². The second-order valence-corrected chi connectivity index (χ2v) is 2.04. The molecule has 0 rings (SSSR count). The second-order valence-electron chi connectivity index (χ2n) is 2.04. The minimum absolute atomic E-state index is 0.199. The predicted octanol–water partition coefficient (Wildman–Crippen LogP) is 0.307. The van der Waals surface area contributed by atoms with E-state index < -0.39 is 0 Å². The summed E-state index contributed by atoms with van der Waals surface area (Å²) in [5.41, 5.74) is 1.95. The zero-order valence-electron chi connectivity index (χ0n) is 6.26. The van der Waals surface area contributed by atoms with E-state index in [0.717, 1.165) is 0 Å². The van der Waals surface area contributed by atoms with Crippen LogP contribution in [0.3, 0.4) is 0 Å². The summed E-state index contributed by atoms with van der Waals surface area (Å²) >= 11 is 0. The fourth-order valence-corrected chi connectivity index (χ4v) is 0.516. The van der Waals surface area contributed by atoms with Crippen LogP contribution in [0.15, 0.2) is 0 Å². The van der Waals surface area contributed by atoms with E-state index in [9.17, 15) is 4.79 Å². The van der Waals surface area contributed by atoms with E-state index in [4.69, 9.17) is 5.21 Å². The molecule has 10 heavy (non-hydrogen) atoms. The lowest BCUT2D eigenvalue weighted by Crippen LogP contribution is -2.25. The minimum Gasteiger partial charge on any atom is -0.466 e. The van der Waals surface area contributed by atoms with Crippen LogP contribution in [0.5, 0.6) is 0 Å². The number of ether oxygens (including phenoxy) is 1. The van der Waals surface area contributed by atoms with Crippen LogP contribution in [-0.2, 0) is 9.53 Å². The molecule has 60 valence electrons. The van der Waals surface area contributed by atoms with Gasteiger partial charge in [0.15, 0.2) is 0 Å². The molecule has 4 heteroatoms. The van der Waals surface area contributed by atoms with Crippen LogP contribution in [0.2, 0.25) is 0 Å². The van der Waals surface area contributed by atoms with Crippen LogP contribution in [0.25, 0.3) is 0 Å². The van der Waals surface area contributed by atoms with Gasteiger partial charge < -0.3 is 9.94 Å². The largest absolute Gasteiger partial charge is 0.466 e. The maximum Gasteiger partial charge on any atom is 0.307 e. The third-order valence-electron chi connectivity index (χ3n) is 0.999. The van der Waals surface area contributed by atoms with Crippen LogP contribution in [0.1, 0.15) is 20.3 Å². The molecule has 0 aliphatic carbocycles. The van der Waals surface area contributed by atoms with E-state index in [1.54, 1.807) is 13.8 Å². The lowest BCUT2D eigenvalue weighted by Gasteiger charge is -2.06. The van der Waals surface area contributed by atoms with Crippen molar-refractivity contribution in [3.63, 3.8) is 0 Å². The number of hydrogen-bond donors (Lipinski definition) is 2. The molecule has 2 N–H and O–H groups in total. The Bertz CT molecular complexity index is 105. The maximum absolute atomic E-state index is 10.6. The molecule has 0 spiro atoms. The summed E-state index contributed by atoms with van der Waals surface area (Å²) in [6.07, 6.45) is 0.199. The zero-order chi connectivity index (χ0) is 7.98. The second kappa shape index (κ2) is 5.20. The lowest BCUT2D eigenvalue weighted by atomic mass is 10.2. The fraction of sp³-hybridized carbons (Fsp3) is 0.833. The first kappa shape index (κ1) is 9.39. The molecule has 0 aromatic carbocycles. The Morgan fingerprint density at radius 1 is 1.80 bits per heavy atom.